The summed E-state index contributed by atoms with van der Waals surface area (Å²) in [5.41, 5.74) is 1.11. The first-order valence-electron chi connectivity index (χ1n) is 7.76. The van der Waals surface area contributed by atoms with E-state index in [1.165, 1.54) is 36.4 Å². The van der Waals surface area contributed by atoms with Crippen LogP contribution in [0.1, 0.15) is 5.56 Å². The lowest BCUT2D eigenvalue weighted by atomic mass is 10.1. The summed E-state index contributed by atoms with van der Waals surface area (Å²) in [4.78, 5) is 33.0. The van der Waals surface area contributed by atoms with E-state index in [4.69, 9.17) is 0 Å². The van der Waals surface area contributed by atoms with Crippen LogP contribution in [0.15, 0.2) is 54.6 Å². The third kappa shape index (κ3) is 4.12. The zero-order valence-corrected chi connectivity index (χ0v) is 13.8. The number of nitro groups is 2. The van der Waals surface area contributed by atoms with Crippen LogP contribution in [0.25, 0.3) is 11.3 Å². The molecule has 10 heteroatoms. The van der Waals surface area contributed by atoms with Gasteiger partial charge >= 0.3 is 0 Å². The van der Waals surface area contributed by atoms with Gasteiger partial charge in [0.1, 0.15) is 0 Å². The monoisotopic (exact) mass is 367 g/mol. The lowest BCUT2D eigenvalue weighted by molar-refractivity contribution is -0.385. The van der Waals surface area contributed by atoms with Crippen molar-refractivity contribution in [2.24, 2.45) is 0 Å². The maximum Gasteiger partial charge on any atom is 0.273 e. The minimum Gasteiger partial charge on any atom is -0.309 e. The van der Waals surface area contributed by atoms with Crippen LogP contribution in [0, 0.1) is 20.2 Å². The molecule has 0 radical (unpaired) electrons. The highest BCUT2D eigenvalue weighted by molar-refractivity contribution is 5.92. The Morgan fingerprint density at radius 2 is 1.81 bits per heavy atom. The van der Waals surface area contributed by atoms with E-state index in [0.29, 0.717) is 11.3 Å². The Kier molecular flexibility index (Phi) is 4.88. The van der Waals surface area contributed by atoms with E-state index in [1.54, 1.807) is 18.2 Å². The minimum atomic E-state index is -0.544. The number of non-ortho nitro benzene ring substituents is 1. The van der Waals surface area contributed by atoms with Crippen molar-refractivity contribution < 1.29 is 14.6 Å². The van der Waals surface area contributed by atoms with Crippen molar-refractivity contribution in [3.8, 4) is 11.3 Å². The number of aromatic amines is 1. The number of nitrogens with one attached hydrogen (secondary N) is 2. The second-order valence-corrected chi connectivity index (χ2v) is 5.59. The Balaban J connectivity index is 1.73. The molecule has 0 aliphatic rings. The van der Waals surface area contributed by atoms with Gasteiger partial charge in [-0.15, -0.1) is 0 Å². The number of para-hydroxylation sites is 1. The average Bonchev–Trinajstić information content (AvgIpc) is 3.10. The number of hydrogen-bond donors (Lipinski definition) is 2. The first kappa shape index (κ1) is 17.7. The van der Waals surface area contributed by atoms with Gasteiger partial charge in [0.25, 0.3) is 11.4 Å². The van der Waals surface area contributed by atoms with Gasteiger partial charge in [-0.05, 0) is 0 Å². The second-order valence-electron chi connectivity index (χ2n) is 5.59. The second kappa shape index (κ2) is 7.44. The average molecular weight is 367 g/mol. The van der Waals surface area contributed by atoms with Crippen LogP contribution in [0.2, 0.25) is 0 Å². The summed E-state index contributed by atoms with van der Waals surface area (Å²) in [5.74, 6) is -0.263. The standard InChI is InChI=1S/C17H13N5O5/c23-17(9-12-4-1-2-7-15(12)22(26)27)18-16-10-14(19-20-16)11-5-3-6-13(8-11)21(24)25/h1-8,10H,9H2,(H2,18,19,20,23). The number of carbonyl (C=O) groups excluding carboxylic acids is 1. The van der Waals surface area contributed by atoms with Crippen molar-refractivity contribution >= 4 is 23.1 Å². The number of aromatic nitrogens is 2. The van der Waals surface area contributed by atoms with Gasteiger partial charge in [0, 0.05) is 35.4 Å². The van der Waals surface area contributed by atoms with Gasteiger partial charge in [-0.2, -0.15) is 5.10 Å². The van der Waals surface area contributed by atoms with Crippen molar-refractivity contribution in [1.29, 1.82) is 0 Å². The zero-order valence-electron chi connectivity index (χ0n) is 13.8. The summed E-state index contributed by atoms with van der Waals surface area (Å²) in [6.07, 6.45) is -0.184. The van der Waals surface area contributed by atoms with Crippen LogP contribution in [0.3, 0.4) is 0 Å². The highest BCUT2D eigenvalue weighted by Gasteiger charge is 2.16. The predicted octanol–water partition coefficient (Wildman–Crippen LogP) is 3.07. The molecule has 0 bridgehead atoms. The van der Waals surface area contributed by atoms with E-state index < -0.39 is 15.8 Å². The lowest BCUT2D eigenvalue weighted by Gasteiger charge is -2.03. The maximum absolute atomic E-state index is 12.2. The van der Waals surface area contributed by atoms with Crippen molar-refractivity contribution in [2.75, 3.05) is 5.32 Å². The fourth-order valence-corrected chi connectivity index (χ4v) is 2.52. The topological polar surface area (TPSA) is 144 Å². The van der Waals surface area contributed by atoms with Gasteiger partial charge in [0.05, 0.1) is 22.0 Å². The van der Waals surface area contributed by atoms with Crippen molar-refractivity contribution in [3.63, 3.8) is 0 Å². The van der Waals surface area contributed by atoms with Crippen LogP contribution < -0.4 is 5.32 Å². The van der Waals surface area contributed by atoms with Gasteiger partial charge in [0.15, 0.2) is 5.82 Å². The molecule has 3 rings (SSSR count). The lowest BCUT2D eigenvalue weighted by Crippen LogP contribution is -2.15. The number of rotatable bonds is 6. The molecule has 1 heterocycles. The fraction of sp³-hybridized carbons (Fsp3) is 0.0588. The Labute approximate surface area is 152 Å². The molecule has 0 aliphatic carbocycles. The molecule has 3 aromatic rings. The van der Waals surface area contributed by atoms with E-state index in [0.717, 1.165) is 0 Å². The zero-order chi connectivity index (χ0) is 19.4. The summed E-state index contributed by atoms with van der Waals surface area (Å²) in [6, 6.07) is 13.5. The van der Waals surface area contributed by atoms with Crippen LogP contribution in [0.5, 0.6) is 0 Å². The SMILES string of the molecule is O=C(Cc1ccccc1[N+](=O)[O-])Nc1cc(-c2cccc([N+](=O)[O-])c2)[nH]n1. The highest BCUT2D eigenvalue weighted by atomic mass is 16.6. The normalized spacial score (nSPS) is 10.4. The molecule has 2 N–H and O–H groups in total. The van der Waals surface area contributed by atoms with E-state index in [-0.39, 0.29) is 29.2 Å². The van der Waals surface area contributed by atoms with Gasteiger partial charge in [-0.25, -0.2) is 0 Å². The Morgan fingerprint density at radius 3 is 2.56 bits per heavy atom. The third-order valence-electron chi connectivity index (χ3n) is 3.75. The number of anilines is 1. The third-order valence-corrected chi connectivity index (χ3v) is 3.75. The molecular weight excluding hydrogens is 354 g/mol. The summed E-state index contributed by atoms with van der Waals surface area (Å²) < 4.78 is 0. The van der Waals surface area contributed by atoms with Gasteiger partial charge in [-0.3, -0.25) is 30.1 Å². The summed E-state index contributed by atoms with van der Waals surface area (Å²) in [6.45, 7) is 0. The van der Waals surface area contributed by atoms with Crippen LogP contribution >= 0.6 is 0 Å². The first-order chi connectivity index (χ1) is 12.9. The molecule has 1 aromatic heterocycles. The molecule has 2 aromatic carbocycles. The number of nitrogens with zero attached hydrogens (tertiary/aromatic N) is 3. The van der Waals surface area contributed by atoms with Gasteiger partial charge < -0.3 is 5.32 Å². The fourth-order valence-electron chi connectivity index (χ4n) is 2.52. The Morgan fingerprint density at radius 1 is 1.04 bits per heavy atom. The molecule has 0 atom stereocenters. The van der Waals surface area contributed by atoms with E-state index in [9.17, 15) is 25.0 Å². The Hall–Kier alpha value is -4.08. The van der Waals surface area contributed by atoms with Crippen molar-refractivity contribution in [2.45, 2.75) is 6.42 Å². The summed E-state index contributed by atoms with van der Waals surface area (Å²) in [5, 5.41) is 31.0. The quantitative estimate of drug-likeness (QED) is 0.506. The number of nitro benzene ring substituents is 2. The van der Waals surface area contributed by atoms with Crippen molar-refractivity contribution in [1.82, 2.24) is 10.2 Å². The molecule has 27 heavy (non-hydrogen) atoms. The smallest absolute Gasteiger partial charge is 0.273 e. The number of hydrogen-bond acceptors (Lipinski definition) is 6. The summed E-state index contributed by atoms with van der Waals surface area (Å²) >= 11 is 0. The van der Waals surface area contributed by atoms with Gasteiger partial charge in [0.2, 0.25) is 5.91 Å². The predicted molar refractivity (Wildman–Crippen MR) is 96.1 cm³/mol. The molecule has 0 unspecified atom stereocenters. The molecular formula is C17H13N5O5. The maximum atomic E-state index is 12.2. The van der Waals surface area contributed by atoms with Crippen molar-refractivity contribution in [3.05, 3.63) is 80.4 Å². The van der Waals surface area contributed by atoms with Crippen LogP contribution in [-0.2, 0) is 11.2 Å². The van der Waals surface area contributed by atoms with E-state index in [2.05, 4.69) is 15.5 Å². The molecule has 0 fully saturated rings. The number of H-pyrrole nitrogens is 1. The molecule has 136 valence electrons. The summed E-state index contributed by atoms with van der Waals surface area (Å²) in [7, 11) is 0. The molecule has 0 saturated heterocycles. The van der Waals surface area contributed by atoms with Crippen LogP contribution in [0.4, 0.5) is 17.2 Å². The van der Waals surface area contributed by atoms with Crippen LogP contribution in [-0.4, -0.2) is 26.0 Å². The van der Waals surface area contributed by atoms with E-state index in [1.807, 2.05) is 0 Å². The molecule has 0 saturated carbocycles. The molecule has 0 spiro atoms. The molecule has 0 aliphatic heterocycles. The Bertz CT molecular complexity index is 1030. The number of benzene rings is 2. The van der Waals surface area contributed by atoms with E-state index >= 15 is 0 Å². The first-order valence-corrected chi connectivity index (χ1v) is 7.76. The molecule has 10 nitrogen and oxygen atoms in total. The number of amides is 1. The van der Waals surface area contributed by atoms with Gasteiger partial charge in [-0.1, -0.05) is 30.3 Å². The largest absolute Gasteiger partial charge is 0.309 e. The molecule has 1 amide bonds. The highest BCUT2D eigenvalue weighted by Crippen LogP contribution is 2.24. The number of carbonyl (C=O) groups is 1. The minimum absolute atomic E-state index is 0.0657.